The fourth-order valence-corrected chi connectivity index (χ4v) is 4.07. The van der Waals surface area contributed by atoms with E-state index in [-0.39, 0.29) is 17.7 Å². The summed E-state index contributed by atoms with van der Waals surface area (Å²) in [7, 11) is 1.85. The van der Waals surface area contributed by atoms with Gasteiger partial charge in [-0.05, 0) is 29.9 Å². The highest BCUT2D eigenvalue weighted by molar-refractivity contribution is 7.09. The molecule has 2 amide bonds. The average molecular weight is 356 g/mol. The highest BCUT2D eigenvalue weighted by atomic mass is 32.1. The van der Waals surface area contributed by atoms with Crippen molar-refractivity contribution >= 4 is 23.2 Å². The van der Waals surface area contributed by atoms with Crippen LogP contribution in [0, 0.1) is 5.92 Å². The molecule has 0 spiro atoms. The summed E-state index contributed by atoms with van der Waals surface area (Å²) < 4.78 is 0. The van der Waals surface area contributed by atoms with E-state index < -0.39 is 0 Å². The second-order valence-electron chi connectivity index (χ2n) is 6.61. The van der Waals surface area contributed by atoms with Gasteiger partial charge in [0.25, 0.3) is 0 Å². The molecule has 1 saturated heterocycles. The normalized spacial score (nSPS) is 17.3. The van der Waals surface area contributed by atoms with E-state index in [0.717, 1.165) is 24.9 Å². The molecule has 1 fully saturated rings. The minimum Gasteiger partial charge on any atom is -0.342 e. The minimum absolute atomic E-state index is 0.0848. The number of carbonyl (C=O) groups is 2. The largest absolute Gasteiger partial charge is 0.342 e. The van der Waals surface area contributed by atoms with Crippen LogP contribution in [0.4, 0.5) is 0 Å². The highest BCUT2D eigenvalue weighted by Gasteiger charge is 2.30. The topological polar surface area (TPSA) is 40.6 Å². The van der Waals surface area contributed by atoms with Gasteiger partial charge in [0.15, 0.2) is 0 Å². The Kier molecular flexibility index (Phi) is 5.87. The molecule has 3 rings (SSSR count). The third kappa shape index (κ3) is 4.69. The number of rotatable bonds is 5. The number of thiophene rings is 1. The number of carbonyl (C=O) groups excluding carboxylic acids is 2. The number of benzene rings is 1. The monoisotopic (exact) mass is 356 g/mol. The summed E-state index contributed by atoms with van der Waals surface area (Å²) >= 11 is 1.66. The molecule has 1 aromatic heterocycles. The summed E-state index contributed by atoms with van der Waals surface area (Å²) in [5.74, 6) is 0.175. The summed E-state index contributed by atoms with van der Waals surface area (Å²) in [5, 5.41) is 2.03. The van der Waals surface area contributed by atoms with E-state index in [1.54, 1.807) is 16.2 Å². The predicted molar refractivity (Wildman–Crippen MR) is 100 cm³/mol. The van der Waals surface area contributed by atoms with Crippen LogP contribution in [0.25, 0.3) is 0 Å². The van der Waals surface area contributed by atoms with E-state index in [4.69, 9.17) is 0 Å². The standard InChI is InChI=1S/C20H24N2O2S/c1-21(15-18-10-6-12-25-18)20(24)17-9-5-11-22(14-17)19(23)13-16-7-3-2-4-8-16/h2-4,6-8,10,12,17H,5,9,11,13-15H2,1H3. The van der Waals surface area contributed by atoms with Gasteiger partial charge in [0.1, 0.15) is 0 Å². The maximum atomic E-state index is 12.7. The quantitative estimate of drug-likeness (QED) is 0.825. The number of amides is 2. The van der Waals surface area contributed by atoms with Gasteiger partial charge in [0.05, 0.1) is 18.9 Å². The summed E-state index contributed by atoms with van der Waals surface area (Å²) in [4.78, 5) is 30.1. The predicted octanol–water partition coefficient (Wildman–Crippen LogP) is 3.19. The van der Waals surface area contributed by atoms with E-state index in [0.29, 0.717) is 19.5 Å². The Balaban J connectivity index is 1.56. The molecule has 1 unspecified atom stereocenters. The van der Waals surface area contributed by atoms with E-state index in [2.05, 4.69) is 0 Å². The van der Waals surface area contributed by atoms with Gasteiger partial charge in [0.2, 0.25) is 11.8 Å². The fraction of sp³-hybridized carbons (Fsp3) is 0.400. The number of likely N-dealkylation sites (tertiary alicyclic amines) is 1. The van der Waals surface area contributed by atoms with E-state index in [9.17, 15) is 9.59 Å². The maximum absolute atomic E-state index is 12.7. The van der Waals surface area contributed by atoms with Crippen molar-refractivity contribution in [3.63, 3.8) is 0 Å². The molecule has 2 aromatic rings. The second kappa shape index (κ2) is 8.30. The van der Waals surface area contributed by atoms with E-state index >= 15 is 0 Å². The molecule has 0 N–H and O–H groups in total. The molecule has 1 atom stereocenters. The van der Waals surface area contributed by atoms with Crippen LogP contribution in [-0.2, 0) is 22.6 Å². The van der Waals surface area contributed by atoms with Gasteiger partial charge in [-0.1, -0.05) is 36.4 Å². The molecule has 4 nitrogen and oxygen atoms in total. The molecule has 1 aromatic carbocycles. The first-order chi connectivity index (χ1) is 12.1. The molecular weight excluding hydrogens is 332 g/mol. The molecule has 0 bridgehead atoms. The lowest BCUT2D eigenvalue weighted by atomic mass is 9.96. The number of hydrogen-bond donors (Lipinski definition) is 0. The lowest BCUT2D eigenvalue weighted by Gasteiger charge is -2.34. The SMILES string of the molecule is CN(Cc1cccs1)C(=O)C1CCCN(C(=O)Cc2ccccc2)C1. The third-order valence-electron chi connectivity index (χ3n) is 4.67. The van der Waals surface area contributed by atoms with Gasteiger partial charge >= 0.3 is 0 Å². The van der Waals surface area contributed by atoms with Crippen molar-refractivity contribution in [2.24, 2.45) is 5.92 Å². The zero-order chi connectivity index (χ0) is 17.6. The van der Waals surface area contributed by atoms with Crippen LogP contribution < -0.4 is 0 Å². The summed E-state index contributed by atoms with van der Waals surface area (Å²) in [6, 6.07) is 13.8. The number of nitrogens with zero attached hydrogens (tertiary/aromatic N) is 2. The Labute approximate surface area is 153 Å². The van der Waals surface area contributed by atoms with E-state index in [1.165, 1.54) is 4.88 Å². The van der Waals surface area contributed by atoms with Crippen molar-refractivity contribution < 1.29 is 9.59 Å². The van der Waals surface area contributed by atoms with Gasteiger partial charge in [-0.3, -0.25) is 9.59 Å². The van der Waals surface area contributed by atoms with E-state index in [1.807, 2.05) is 59.8 Å². The Bertz CT molecular complexity index is 700. The molecular formula is C20H24N2O2S. The van der Waals surface area contributed by atoms with Crippen LogP contribution in [0.2, 0.25) is 0 Å². The molecule has 132 valence electrons. The van der Waals surface area contributed by atoms with Crippen LogP contribution >= 0.6 is 11.3 Å². The molecule has 0 saturated carbocycles. The smallest absolute Gasteiger partial charge is 0.227 e. The zero-order valence-corrected chi connectivity index (χ0v) is 15.4. The molecule has 1 aliphatic rings. The van der Waals surface area contributed by atoms with Crippen LogP contribution in [-0.4, -0.2) is 41.8 Å². The average Bonchev–Trinajstić information content (AvgIpc) is 3.15. The lowest BCUT2D eigenvalue weighted by molar-refractivity contribution is -0.140. The van der Waals surface area contributed by atoms with Crippen LogP contribution in [0.5, 0.6) is 0 Å². The third-order valence-corrected chi connectivity index (χ3v) is 5.53. The van der Waals surface area contributed by atoms with Crippen LogP contribution in [0.15, 0.2) is 47.8 Å². The number of hydrogen-bond acceptors (Lipinski definition) is 3. The molecule has 0 aliphatic carbocycles. The van der Waals surface area contributed by atoms with Gasteiger partial charge < -0.3 is 9.80 Å². The first kappa shape index (κ1) is 17.7. The summed E-state index contributed by atoms with van der Waals surface area (Å²) in [5.41, 5.74) is 1.02. The van der Waals surface area contributed by atoms with Gasteiger partial charge in [-0.25, -0.2) is 0 Å². The van der Waals surface area contributed by atoms with Crippen molar-refractivity contribution in [1.29, 1.82) is 0 Å². The number of piperidine rings is 1. The lowest BCUT2D eigenvalue weighted by Crippen LogP contribution is -2.46. The molecule has 2 heterocycles. The first-order valence-electron chi connectivity index (χ1n) is 8.72. The second-order valence-corrected chi connectivity index (χ2v) is 7.65. The zero-order valence-electron chi connectivity index (χ0n) is 14.6. The Hall–Kier alpha value is -2.14. The molecule has 5 heteroatoms. The highest BCUT2D eigenvalue weighted by Crippen LogP contribution is 2.21. The van der Waals surface area contributed by atoms with Crippen LogP contribution in [0.1, 0.15) is 23.3 Å². The molecule has 0 radical (unpaired) electrons. The van der Waals surface area contributed by atoms with Gasteiger partial charge in [-0.15, -0.1) is 11.3 Å². The van der Waals surface area contributed by atoms with Crippen LogP contribution in [0.3, 0.4) is 0 Å². The summed E-state index contributed by atoms with van der Waals surface area (Å²) in [6.45, 7) is 1.94. The van der Waals surface area contributed by atoms with Crippen molar-refractivity contribution in [3.8, 4) is 0 Å². The van der Waals surface area contributed by atoms with Crippen molar-refractivity contribution in [2.45, 2.75) is 25.8 Å². The van der Waals surface area contributed by atoms with Gasteiger partial charge in [-0.2, -0.15) is 0 Å². The first-order valence-corrected chi connectivity index (χ1v) is 9.60. The summed E-state index contributed by atoms with van der Waals surface area (Å²) in [6.07, 6.45) is 2.17. The van der Waals surface area contributed by atoms with Crippen molar-refractivity contribution in [1.82, 2.24) is 9.80 Å². The fourth-order valence-electron chi connectivity index (χ4n) is 3.31. The van der Waals surface area contributed by atoms with Crippen molar-refractivity contribution in [3.05, 3.63) is 58.3 Å². The molecule has 25 heavy (non-hydrogen) atoms. The molecule has 1 aliphatic heterocycles. The minimum atomic E-state index is -0.0848. The van der Waals surface area contributed by atoms with Gasteiger partial charge in [0, 0.05) is 25.0 Å². The Morgan fingerprint density at radius 2 is 2.00 bits per heavy atom. The Morgan fingerprint density at radius 1 is 1.20 bits per heavy atom. The van der Waals surface area contributed by atoms with Crippen molar-refractivity contribution in [2.75, 3.05) is 20.1 Å². The Morgan fingerprint density at radius 3 is 2.72 bits per heavy atom. The maximum Gasteiger partial charge on any atom is 0.227 e.